The Bertz CT molecular complexity index is 444. The van der Waals surface area contributed by atoms with Crippen LogP contribution in [0.25, 0.3) is 0 Å². The maximum Gasteiger partial charge on any atom is 0.223 e. The van der Waals surface area contributed by atoms with Crippen molar-refractivity contribution < 1.29 is 9.90 Å². The molecule has 1 amide bonds. The van der Waals surface area contributed by atoms with Crippen molar-refractivity contribution in [3.05, 3.63) is 33.5 Å². The molecular weight excluding hydrogens is 270 g/mol. The van der Waals surface area contributed by atoms with E-state index >= 15 is 0 Å². The van der Waals surface area contributed by atoms with Gasteiger partial charge in [-0.15, -0.1) is 11.3 Å². The molecule has 0 saturated carbocycles. The van der Waals surface area contributed by atoms with Gasteiger partial charge >= 0.3 is 0 Å². The molecule has 0 bridgehead atoms. The van der Waals surface area contributed by atoms with Crippen molar-refractivity contribution in [2.45, 2.75) is 25.4 Å². The highest BCUT2D eigenvalue weighted by Gasteiger charge is 2.19. The largest absolute Gasteiger partial charge is 0.386 e. The van der Waals surface area contributed by atoms with Crippen molar-refractivity contribution >= 4 is 28.8 Å². The summed E-state index contributed by atoms with van der Waals surface area (Å²) in [6.45, 7) is 0.246. The standard InChI is InChI=1S/C13H16ClNO2S/c14-12-7-6-11(18-12)10(16)8-15-13(17)9-4-2-1-3-5-9/h1-2,6-7,9-10,16H,3-5,8H2,(H,15,17)/t9-,10-/m1/s1. The fourth-order valence-corrected chi connectivity index (χ4v) is 3.03. The number of aliphatic hydroxyl groups is 1. The first kappa shape index (κ1) is 13.6. The van der Waals surface area contributed by atoms with Crippen LogP contribution >= 0.6 is 22.9 Å². The number of carbonyl (C=O) groups is 1. The van der Waals surface area contributed by atoms with Crippen LogP contribution in [0, 0.1) is 5.92 Å². The normalized spacial score (nSPS) is 20.7. The Labute approximate surface area is 115 Å². The molecule has 0 aromatic carbocycles. The van der Waals surface area contributed by atoms with E-state index in [9.17, 15) is 9.90 Å². The number of allylic oxidation sites excluding steroid dienone is 2. The average molecular weight is 286 g/mol. The van der Waals surface area contributed by atoms with E-state index < -0.39 is 6.10 Å². The third-order valence-electron chi connectivity index (χ3n) is 3.03. The van der Waals surface area contributed by atoms with Gasteiger partial charge in [-0.2, -0.15) is 0 Å². The van der Waals surface area contributed by atoms with Crippen molar-refractivity contribution in [2.24, 2.45) is 5.92 Å². The highest BCUT2D eigenvalue weighted by molar-refractivity contribution is 7.16. The van der Waals surface area contributed by atoms with Gasteiger partial charge < -0.3 is 10.4 Å². The summed E-state index contributed by atoms with van der Waals surface area (Å²) in [6, 6.07) is 3.53. The van der Waals surface area contributed by atoms with Crippen LogP contribution in [-0.4, -0.2) is 17.6 Å². The van der Waals surface area contributed by atoms with Crippen LogP contribution in [0.5, 0.6) is 0 Å². The van der Waals surface area contributed by atoms with Crippen LogP contribution in [0.4, 0.5) is 0 Å². The van der Waals surface area contributed by atoms with Crippen LogP contribution in [0.3, 0.4) is 0 Å². The van der Waals surface area contributed by atoms with Gasteiger partial charge in [0.05, 0.1) is 4.34 Å². The van der Waals surface area contributed by atoms with Crippen LogP contribution in [0.2, 0.25) is 4.34 Å². The van der Waals surface area contributed by atoms with Gasteiger partial charge in [-0.1, -0.05) is 23.8 Å². The van der Waals surface area contributed by atoms with Crippen molar-refractivity contribution in [1.82, 2.24) is 5.32 Å². The van der Waals surface area contributed by atoms with E-state index in [1.54, 1.807) is 12.1 Å². The van der Waals surface area contributed by atoms with Gasteiger partial charge in [0.1, 0.15) is 6.10 Å². The van der Waals surface area contributed by atoms with E-state index in [1.807, 2.05) is 6.08 Å². The van der Waals surface area contributed by atoms with Crippen molar-refractivity contribution in [3.63, 3.8) is 0 Å². The molecule has 18 heavy (non-hydrogen) atoms. The molecular formula is C13H16ClNO2S. The SMILES string of the molecule is O=C(NC[C@@H](O)c1ccc(Cl)s1)[C@@H]1CC=CCC1. The molecule has 0 radical (unpaired) electrons. The zero-order valence-corrected chi connectivity index (χ0v) is 11.5. The van der Waals surface area contributed by atoms with E-state index in [4.69, 9.17) is 11.6 Å². The minimum Gasteiger partial charge on any atom is -0.386 e. The molecule has 3 nitrogen and oxygen atoms in total. The minimum absolute atomic E-state index is 0.0288. The number of amides is 1. The third-order valence-corrected chi connectivity index (χ3v) is 4.36. The number of thiophene rings is 1. The summed E-state index contributed by atoms with van der Waals surface area (Å²) in [6.07, 6.45) is 6.12. The first-order valence-electron chi connectivity index (χ1n) is 6.03. The summed E-state index contributed by atoms with van der Waals surface area (Å²) in [5.74, 6) is 0.0789. The van der Waals surface area contributed by atoms with E-state index in [2.05, 4.69) is 11.4 Å². The monoisotopic (exact) mass is 285 g/mol. The molecule has 0 fully saturated rings. The smallest absolute Gasteiger partial charge is 0.223 e. The lowest BCUT2D eigenvalue weighted by atomic mass is 9.93. The number of rotatable bonds is 4. The quantitative estimate of drug-likeness (QED) is 0.836. The number of carbonyl (C=O) groups excluding carboxylic acids is 1. The van der Waals surface area contributed by atoms with Crippen molar-refractivity contribution in [3.8, 4) is 0 Å². The van der Waals surface area contributed by atoms with Gasteiger partial charge in [0.2, 0.25) is 5.91 Å². The molecule has 5 heteroatoms. The Hall–Kier alpha value is -0.840. The second-order valence-corrected chi connectivity index (χ2v) is 6.13. The predicted octanol–water partition coefficient (Wildman–Crippen LogP) is 2.91. The average Bonchev–Trinajstić information content (AvgIpc) is 2.83. The van der Waals surface area contributed by atoms with Gasteiger partial charge in [-0.05, 0) is 31.4 Å². The summed E-state index contributed by atoms with van der Waals surface area (Å²) in [5, 5.41) is 12.7. The van der Waals surface area contributed by atoms with Crippen molar-refractivity contribution in [2.75, 3.05) is 6.54 Å². The molecule has 0 saturated heterocycles. The molecule has 0 spiro atoms. The number of hydrogen-bond acceptors (Lipinski definition) is 3. The summed E-state index contributed by atoms with van der Waals surface area (Å²) in [4.78, 5) is 12.6. The second kappa shape index (κ2) is 6.36. The molecule has 2 N–H and O–H groups in total. The molecule has 2 atom stereocenters. The molecule has 0 unspecified atom stereocenters. The topological polar surface area (TPSA) is 49.3 Å². The summed E-state index contributed by atoms with van der Waals surface area (Å²) in [7, 11) is 0. The second-order valence-electron chi connectivity index (χ2n) is 4.38. The maximum absolute atomic E-state index is 11.9. The Morgan fingerprint density at radius 2 is 2.39 bits per heavy atom. The predicted molar refractivity (Wildman–Crippen MR) is 73.8 cm³/mol. The fraction of sp³-hybridized carbons (Fsp3) is 0.462. The highest BCUT2D eigenvalue weighted by atomic mass is 35.5. The molecule has 2 rings (SSSR count). The summed E-state index contributed by atoms with van der Waals surface area (Å²) < 4.78 is 0.646. The summed E-state index contributed by atoms with van der Waals surface area (Å²) >= 11 is 7.14. The third kappa shape index (κ3) is 3.57. The Balaban J connectivity index is 1.80. The van der Waals surface area contributed by atoms with Crippen LogP contribution < -0.4 is 5.32 Å². The molecule has 1 aromatic rings. The zero-order chi connectivity index (χ0) is 13.0. The fourth-order valence-electron chi connectivity index (χ4n) is 1.98. The molecule has 1 aliphatic rings. The Morgan fingerprint density at radius 3 is 3.00 bits per heavy atom. The zero-order valence-electron chi connectivity index (χ0n) is 9.93. The van der Waals surface area contributed by atoms with E-state index in [0.29, 0.717) is 4.34 Å². The first-order chi connectivity index (χ1) is 8.66. The Morgan fingerprint density at radius 1 is 1.56 bits per heavy atom. The van der Waals surface area contributed by atoms with Gasteiger partial charge in [0, 0.05) is 17.3 Å². The van der Waals surface area contributed by atoms with E-state index in [0.717, 1.165) is 24.1 Å². The molecule has 1 aromatic heterocycles. The minimum atomic E-state index is -0.675. The number of aliphatic hydroxyl groups excluding tert-OH is 1. The van der Waals surface area contributed by atoms with Gasteiger partial charge in [-0.25, -0.2) is 0 Å². The van der Waals surface area contributed by atoms with Crippen LogP contribution in [0.15, 0.2) is 24.3 Å². The highest BCUT2D eigenvalue weighted by Crippen LogP contribution is 2.26. The number of nitrogens with one attached hydrogen (secondary N) is 1. The Kier molecular flexibility index (Phi) is 4.80. The lowest BCUT2D eigenvalue weighted by molar-refractivity contribution is -0.125. The summed E-state index contributed by atoms with van der Waals surface area (Å²) in [5.41, 5.74) is 0. The van der Waals surface area contributed by atoms with Crippen molar-refractivity contribution in [1.29, 1.82) is 0 Å². The maximum atomic E-state index is 11.9. The van der Waals surface area contributed by atoms with Crippen LogP contribution in [-0.2, 0) is 4.79 Å². The first-order valence-corrected chi connectivity index (χ1v) is 7.22. The van der Waals surface area contributed by atoms with Gasteiger partial charge in [0.15, 0.2) is 0 Å². The van der Waals surface area contributed by atoms with Crippen LogP contribution in [0.1, 0.15) is 30.2 Å². The molecule has 0 aliphatic heterocycles. The van der Waals surface area contributed by atoms with E-state index in [-0.39, 0.29) is 18.4 Å². The lowest BCUT2D eigenvalue weighted by Gasteiger charge is -2.18. The molecule has 1 heterocycles. The molecule has 1 aliphatic carbocycles. The number of hydrogen-bond donors (Lipinski definition) is 2. The van der Waals surface area contributed by atoms with Gasteiger partial charge in [-0.3, -0.25) is 4.79 Å². The molecule has 98 valence electrons. The number of halogens is 1. The lowest BCUT2D eigenvalue weighted by Crippen LogP contribution is -2.34. The van der Waals surface area contributed by atoms with Gasteiger partial charge in [0.25, 0.3) is 0 Å². The van der Waals surface area contributed by atoms with E-state index in [1.165, 1.54) is 11.3 Å².